The minimum atomic E-state index is -0.667. The van der Waals surface area contributed by atoms with Crippen molar-refractivity contribution in [2.45, 2.75) is 13.0 Å². The Kier molecular flexibility index (Phi) is 6.06. The fourth-order valence-electron chi connectivity index (χ4n) is 4.17. The van der Waals surface area contributed by atoms with Gasteiger partial charge in [0.2, 0.25) is 0 Å². The molecule has 6 aromatic rings. The van der Waals surface area contributed by atoms with Gasteiger partial charge in [0, 0.05) is 30.4 Å². The van der Waals surface area contributed by atoms with Crippen molar-refractivity contribution >= 4 is 22.8 Å². The van der Waals surface area contributed by atoms with Crippen LogP contribution in [0.4, 0.5) is 21.6 Å². The second-order valence-electron chi connectivity index (χ2n) is 8.67. The van der Waals surface area contributed by atoms with Crippen molar-refractivity contribution < 1.29 is 4.39 Å². The molecule has 11 nitrogen and oxygen atoms in total. The van der Waals surface area contributed by atoms with Crippen molar-refractivity contribution in [3.8, 4) is 17.3 Å². The van der Waals surface area contributed by atoms with Crippen molar-refractivity contribution in [1.82, 2.24) is 39.3 Å². The fraction of sp³-hybridized carbons (Fsp3) is 0.0741. The maximum Gasteiger partial charge on any atom is 0.198 e. The van der Waals surface area contributed by atoms with Crippen LogP contribution in [0, 0.1) is 17.1 Å². The molecule has 0 fully saturated rings. The highest BCUT2D eigenvalue weighted by atomic mass is 19.1. The van der Waals surface area contributed by atoms with E-state index in [1.54, 1.807) is 30.9 Å². The Morgan fingerprint density at radius 3 is 2.74 bits per heavy atom. The van der Waals surface area contributed by atoms with Crippen LogP contribution in [0.2, 0.25) is 0 Å². The quantitative estimate of drug-likeness (QED) is 0.323. The minimum Gasteiger partial charge on any atom is -0.381 e. The summed E-state index contributed by atoms with van der Waals surface area (Å²) in [6, 6.07) is 14.0. The average molecular weight is 518 g/mol. The lowest BCUT2D eigenvalue weighted by atomic mass is 10.1. The maximum absolute atomic E-state index is 14.7. The van der Waals surface area contributed by atoms with Gasteiger partial charge < -0.3 is 11.1 Å². The molecule has 0 saturated carbocycles. The van der Waals surface area contributed by atoms with E-state index in [2.05, 4.69) is 35.5 Å². The van der Waals surface area contributed by atoms with Gasteiger partial charge in [-0.15, -0.1) is 0 Å². The summed E-state index contributed by atoms with van der Waals surface area (Å²) in [6.45, 7) is 0.622. The van der Waals surface area contributed by atoms with Crippen LogP contribution in [0.25, 0.3) is 16.9 Å². The van der Waals surface area contributed by atoms with Gasteiger partial charge in [-0.05, 0) is 42.0 Å². The number of nitriles is 1. The molecular formula is C27H20FN11. The predicted octanol–water partition coefficient (Wildman–Crippen LogP) is 3.75. The number of fused-ring (bicyclic) bond motifs is 1. The standard InChI is InChI=1S/C27H20FN11/c28-25-18(12-29)3-1-4-20(25)23-16-39-27(26(30)35-23)36-24(37-39)11-22-21(5-2-8-32-22)34-19-13-33-38(15-19)14-17-6-9-31-10-7-17/h1-10,13,15-16,34H,11,14H2,(H2,30,35). The van der Waals surface area contributed by atoms with E-state index in [0.29, 0.717) is 24.4 Å². The van der Waals surface area contributed by atoms with E-state index in [4.69, 9.17) is 11.0 Å². The highest BCUT2D eigenvalue weighted by molar-refractivity contribution is 5.69. The van der Waals surface area contributed by atoms with Crippen LogP contribution in [-0.4, -0.2) is 39.3 Å². The number of benzene rings is 1. The molecule has 0 atom stereocenters. The molecule has 12 heteroatoms. The first-order valence-electron chi connectivity index (χ1n) is 11.9. The van der Waals surface area contributed by atoms with Crippen molar-refractivity contribution in [3.05, 3.63) is 108 Å². The third kappa shape index (κ3) is 4.84. The zero-order valence-corrected chi connectivity index (χ0v) is 20.4. The van der Waals surface area contributed by atoms with Gasteiger partial charge in [-0.3, -0.25) is 14.6 Å². The average Bonchev–Trinajstić information content (AvgIpc) is 3.57. The number of halogens is 1. The number of anilines is 3. The number of nitrogens with zero attached hydrogens (tertiary/aromatic N) is 9. The molecule has 5 aromatic heterocycles. The first kappa shape index (κ1) is 23.7. The van der Waals surface area contributed by atoms with Crippen LogP contribution < -0.4 is 11.1 Å². The van der Waals surface area contributed by atoms with Crippen molar-refractivity contribution in [2.75, 3.05) is 11.1 Å². The molecule has 0 aliphatic rings. The molecule has 5 heterocycles. The third-order valence-electron chi connectivity index (χ3n) is 6.01. The maximum atomic E-state index is 14.7. The van der Waals surface area contributed by atoms with Crippen LogP contribution in [0.1, 0.15) is 22.6 Å². The Balaban J connectivity index is 1.25. The normalized spacial score (nSPS) is 11.0. The molecule has 0 bridgehead atoms. The second-order valence-corrected chi connectivity index (χ2v) is 8.67. The molecular weight excluding hydrogens is 497 g/mol. The summed E-state index contributed by atoms with van der Waals surface area (Å²) >= 11 is 0. The topological polar surface area (TPSA) is 149 Å². The molecule has 0 aliphatic carbocycles. The van der Waals surface area contributed by atoms with E-state index >= 15 is 0 Å². The highest BCUT2D eigenvalue weighted by Crippen LogP contribution is 2.26. The minimum absolute atomic E-state index is 0.0784. The number of pyridine rings is 2. The zero-order chi connectivity index (χ0) is 26.8. The lowest BCUT2D eigenvalue weighted by Crippen LogP contribution is -2.02. The SMILES string of the molecule is N#Cc1cccc(-c2cn3nc(Cc4ncccc4Nc4cnn(Cc5ccncc5)c4)nc3c(N)n2)c1F. The largest absolute Gasteiger partial charge is 0.381 e. The monoisotopic (exact) mass is 517 g/mol. The van der Waals surface area contributed by atoms with Gasteiger partial charge in [0.15, 0.2) is 17.3 Å². The van der Waals surface area contributed by atoms with Gasteiger partial charge in [0.05, 0.1) is 53.7 Å². The third-order valence-corrected chi connectivity index (χ3v) is 6.01. The summed E-state index contributed by atoms with van der Waals surface area (Å²) in [5.41, 5.74) is 10.2. The van der Waals surface area contributed by atoms with E-state index in [9.17, 15) is 4.39 Å². The molecule has 3 N–H and O–H groups in total. The van der Waals surface area contributed by atoms with Gasteiger partial charge in [-0.1, -0.05) is 6.07 Å². The number of nitrogen functional groups attached to an aromatic ring is 1. The Hall–Kier alpha value is -5.70. The van der Waals surface area contributed by atoms with Gasteiger partial charge in [-0.25, -0.2) is 18.9 Å². The molecule has 0 amide bonds. The fourth-order valence-corrected chi connectivity index (χ4v) is 4.17. The molecule has 1 aromatic carbocycles. The molecule has 0 aliphatic heterocycles. The smallest absolute Gasteiger partial charge is 0.198 e. The van der Waals surface area contributed by atoms with Gasteiger partial charge in [-0.2, -0.15) is 15.5 Å². The Morgan fingerprint density at radius 1 is 1.03 bits per heavy atom. The van der Waals surface area contributed by atoms with Crippen LogP contribution in [-0.2, 0) is 13.0 Å². The molecule has 0 unspecified atom stereocenters. The molecule has 39 heavy (non-hydrogen) atoms. The van der Waals surface area contributed by atoms with Crippen LogP contribution in [0.15, 0.2) is 79.6 Å². The molecule has 0 radical (unpaired) electrons. The number of hydrogen-bond acceptors (Lipinski definition) is 9. The van der Waals surface area contributed by atoms with Gasteiger partial charge in [0.1, 0.15) is 11.9 Å². The zero-order valence-electron chi connectivity index (χ0n) is 20.4. The van der Waals surface area contributed by atoms with E-state index in [0.717, 1.165) is 22.6 Å². The summed E-state index contributed by atoms with van der Waals surface area (Å²) in [7, 11) is 0. The summed E-state index contributed by atoms with van der Waals surface area (Å²) in [5, 5.41) is 21.5. The van der Waals surface area contributed by atoms with E-state index < -0.39 is 5.82 Å². The van der Waals surface area contributed by atoms with E-state index in [-0.39, 0.29) is 22.6 Å². The molecule has 6 rings (SSSR count). The van der Waals surface area contributed by atoms with Crippen LogP contribution in [0.3, 0.4) is 0 Å². The Morgan fingerprint density at radius 2 is 1.90 bits per heavy atom. The van der Waals surface area contributed by atoms with Gasteiger partial charge in [0.25, 0.3) is 0 Å². The first-order chi connectivity index (χ1) is 19.1. The molecule has 0 spiro atoms. The summed E-state index contributed by atoms with van der Waals surface area (Å²) in [6.07, 6.45) is 10.7. The Labute approximate surface area is 221 Å². The molecule has 0 saturated heterocycles. The number of hydrogen-bond donors (Lipinski definition) is 2. The summed E-state index contributed by atoms with van der Waals surface area (Å²) in [4.78, 5) is 17.4. The van der Waals surface area contributed by atoms with Crippen molar-refractivity contribution in [1.29, 1.82) is 5.26 Å². The van der Waals surface area contributed by atoms with Crippen LogP contribution in [0.5, 0.6) is 0 Å². The summed E-state index contributed by atoms with van der Waals surface area (Å²) in [5.74, 6) is -0.115. The number of nitrogens with one attached hydrogen (secondary N) is 1. The lowest BCUT2D eigenvalue weighted by molar-refractivity contribution is 0.626. The highest BCUT2D eigenvalue weighted by Gasteiger charge is 2.17. The Bertz CT molecular complexity index is 1840. The number of aromatic nitrogens is 8. The number of rotatable bonds is 7. The van der Waals surface area contributed by atoms with Crippen molar-refractivity contribution in [2.24, 2.45) is 0 Å². The molecule has 190 valence electrons. The first-order valence-corrected chi connectivity index (χ1v) is 11.9. The van der Waals surface area contributed by atoms with E-state index in [1.807, 2.05) is 41.2 Å². The summed E-state index contributed by atoms with van der Waals surface area (Å²) < 4.78 is 18.0. The van der Waals surface area contributed by atoms with Crippen molar-refractivity contribution in [3.63, 3.8) is 0 Å². The van der Waals surface area contributed by atoms with Gasteiger partial charge >= 0.3 is 0 Å². The second kappa shape index (κ2) is 9.98. The van der Waals surface area contributed by atoms with E-state index in [1.165, 1.54) is 22.8 Å². The predicted molar refractivity (Wildman–Crippen MR) is 141 cm³/mol. The number of nitrogens with two attached hydrogens (primary N) is 1. The van der Waals surface area contributed by atoms with Crippen LogP contribution >= 0.6 is 0 Å². The lowest BCUT2D eigenvalue weighted by Gasteiger charge is -2.08.